The second-order valence-corrected chi connectivity index (χ2v) is 8.64. The van der Waals surface area contributed by atoms with Crippen molar-refractivity contribution in [1.29, 1.82) is 0 Å². The number of hydrogen-bond acceptors (Lipinski definition) is 3. The molecule has 1 unspecified atom stereocenters. The number of aromatic nitrogens is 1. The molecule has 7 heteroatoms. The predicted octanol–water partition coefficient (Wildman–Crippen LogP) is 6.14. The van der Waals surface area contributed by atoms with Crippen LogP contribution < -0.4 is 10.0 Å². The van der Waals surface area contributed by atoms with Gasteiger partial charge in [-0.3, -0.25) is 10.0 Å². The molecular formula is C23H17Cl2N2O2S+. The van der Waals surface area contributed by atoms with E-state index in [-0.39, 0.29) is 5.91 Å². The highest BCUT2D eigenvalue weighted by molar-refractivity contribution is 8.00. The zero-order chi connectivity index (χ0) is 21.1. The van der Waals surface area contributed by atoms with Crippen molar-refractivity contribution < 1.29 is 14.7 Å². The Balaban J connectivity index is 1.68. The molecule has 1 amide bonds. The highest BCUT2D eigenvalue weighted by Gasteiger charge is 2.27. The van der Waals surface area contributed by atoms with Gasteiger partial charge in [0, 0.05) is 26.5 Å². The quantitative estimate of drug-likeness (QED) is 0.215. The molecule has 4 nitrogen and oxygen atoms in total. The van der Waals surface area contributed by atoms with Crippen LogP contribution in [0.3, 0.4) is 0 Å². The Morgan fingerprint density at radius 1 is 0.900 bits per heavy atom. The number of nitrogens with zero attached hydrogens (tertiary/aromatic N) is 1. The van der Waals surface area contributed by atoms with Crippen LogP contribution in [0, 0.1) is 0 Å². The summed E-state index contributed by atoms with van der Waals surface area (Å²) in [6.45, 7) is 0. The second kappa shape index (κ2) is 8.96. The van der Waals surface area contributed by atoms with E-state index in [0.29, 0.717) is 20.8 Å². The van der Waals surface area contributed by atoms with Crippen molar-refractivity contribution in [3.8, 4) is 0 Å². The molecule has 150 valence electrons. The number of carbonyl (C=O) groups excluding carboxylic acids is 1. The van der Waals surface area contributed by atoms with Crippen molar-refractivity contribution in [2.75, 3.05) is 5.32 Å². The fraction of sp³-hybridized carbons (Fsp3) is 0.0435. The average Bonchev–Trinajstić information content (AvgIpc) is 2.72. The number of nitrogens with one attached hydrogen (secondary N) is 1. The van der Waals surface area contributed by atoms with E-state index in [9.17, 15) is 10.0 Å². The van der Waals surface area contributed by atoms with Crippen LogP contribution in [0.1, 0.15) is 10.8 Å². The number of carbonyl (C=O) groups is 1. The van der Waals surface area contributed by atoms with Crippen molar-refractivity contribution in [1.82, 2.24) is 0 Å². The summed E-state index contributed by atoms with van der Waals surface area (Å²) >= 11 is 13.4. The monoisotopic (exact) mass is 455 g/mol. The zero-order valence-electron chi connectivity index (χ0n) is 15.6. The number of rotatable bonds is 5. The normalized spacial score (nSPS) is 11.9. The molecule has 0 radical (unpaired) electrons. The Hall–Kier alpha value is -2.73. The van der Waals surface area contributed by atoms with E-state index >= 15 is 0 Å². The fourth-order valence-corrected chi connectivity index (χ4v) is 4.68. The van der Waals surface area contributed by atoms with E-state index < -0.39 is 5.25 Å². The minimum Gasteiger partial charge on any atom is -0.325 e. The maximum absolute atomic E-state index is 13.2. The number of thioether (sulfide) groups is 1. The maximum atomic E-state index is 13.2. The van der Waals surface area contributed by atoms with E-state index in [0.717, 1.165) is 21.1 Å². The summed E-state index contributed by atoms with van der Waals surface area (Å²) in [5, 5.41) is 16.0. The number of hydrogen-bond donors (Lipinski definition) is 2. The molecule has 0 saturated heterocycles. The van der Waals surface area contributed by atoms with E-state index in [1.165, 1.54) is 11.8 Å². The van der Waals surface area contributed by atoms with Gasteiger partial charge in [0.1, 0.15) is 5.25 Å². The zero-order valence-corrected chi connectivity index (χ0v) is 18.0. The third kappa shape index (κ3) is 4.70. The molecule has 2 N–H and O–H groups in total. The Morgan fingerprint density at radius 2 is 1.53 bits per heavy atom. The van der Waals surface area contributed by atoms with Crippen molar-refractivity contribution in [2.24, 2.45) is 0 Å². The molecular weight excluding hydrogens is 439 g/mol. The summed E-state index contributed by atoms with van der Waals surface area (Å²) in [6.07, 6.45) is 1.63. The molecule has 3 aromatic carbocycles. The molecule has 0 aliphatic rings. The van der Waals surface area contributed by atoms with Gasteiger partial charge in [-0.2, -0.15) is 0 Å². The second-order valence-electron chi connectivity index (χ2n) is 6.64. The summed E-state index contributed by atoms with van der Waals surface area (Å²) in [6, 6.07) is 23.9. The first-order valence-electron chi connectivity index (χ1n) is 9.12. The number of fused-ring (bicyclic) bond motifs is 1. The molecule has 0 fully saturated rings. The summed E-state index contributed by atoms with van der Waals surface area (Å²) in [5.74, 6) is -0.252. The molecule has 0 spiro atoms. The van der Waals surface area contributed by atoms with E-state index in [4.69, 9.17) is 23.2 Å². The third-order valence-corrected chi connectivity index (χ3v) is 6.18. The largest absolute Gasteiger partial charge is 0.325 e. The van der Waals surface area contributed by atoms with Crippen LogP contribution in [0.2, 0.25) is 10.0 Å². The van der Waals surface area contributed by atoms with Gasteiger partial charge in [0.25, 0.3) is 5.03 Å². The van der Waals surface area contributed by atoms with E-state index in [1.807, 2.05) is 60.7 Å². The average molecular weight is 456 g/mol. The topological polar surface area (TPSA) is 53.2 Å². The van der Waals surface area contributed by atoms with Crippen LogP contribution >= 0.6 is 35.0 Å². The van der Waals surface area contributed by atoms with Crippen LogP contribution in [0.4, 0.5) is 5.69 Å². The van der Waals surface area contributed by atoms with Crippen molar-refractivity contribution in [3.05, 3.63) is 101 Å². The fourth-order valence-electron chi connectivity index (χ4n) is 3.10. The van der Waals surface area contributed by atoms with Gasteiger partial charge in [0.2, 0.25) is 12.1 Å². The number of anilines is 1. The van der Waals surface area contributed by atoms with Crippen molar-refractivity contribution in [2.45, 2.75) is 10.3 Å². The summed E-state index contributed by atoms with van der Waals surface area (Å²) in [4.78, 5) is 13.2. The molecule has 0 saturated carbocycles. The smallest absolute Gasteiger partial charge is 0.292 e. The van der Waals surface area contributed by atoms with Gasteiger partial charge in [0.05, 0.1) is 5.39 Å². The Labute approximate surface area is 188 Å². The number of pyridine rings is 1. The Kier molecular flexibility index (Phi) is 6.13. The Morgan fingerprint density at radius 3 is 2.23 bits per heavy atom. The molecule has 0 aliphatic heterocycles. The third-order valence-electron chi connectivity index (χ3n) is 4.47. The van der Waals surface area contributed by atoms with Gasteiger partial charge < -0.3 is 5.32 Å². The summed E-state index contributed by atoms with van der Waals surface area (Å²) < 4.78 is 1.05. The van der Waals surface area contributed by atoms with Gasteiger partial charge in [-0.25, -0.2) is 0 Å². The lowest BCUT2D eigenvalue weighted by atomic mass is 10.1. The molecule has 1 atom stereocenters. The molecule has 0 bridgehead atoms. The van der Waals surface area contributed by atoms with Crippen LogP contribution in [0.5, 0.6) is 0 Å². The molecule has 0 aliphatic carbocycles. The minimum atomic E-state index is -0.608. The number of benzene rings is 3. The molecule has 30 heavy (non-hydrogen) atoms. The van der Waals surface area contributed by atoms with E-state index in [1.54, 1.807) is 24.4 Å². The van der Waals surface area contributed by atoms with Crippen molar-refractivity contribution in [3.63, 3.8) is 0 Å². The molecule has 1 aromatic heterocycles. The number of amides is 1. The van der Waals surface area contributed by atoms with Gasteiger partial charge in [-0.1, -0.05) is 71.7 Å². The van der Waals surface area contributed by atoms with Gasteiger partial charge in [0.15, 0.2) is 0 Å². The highest BCUT2D eigenvalue weighted by Crippen LogP contribution is 2.36. The molecule has 1 heterocycles. The standard InChI is InChI=1S/C23H16Cl2N2O2S/c24-18-11-19(25)13-20(12-18)26-23(28)22(15-6-2-1-3-7-15)30-21-10-16-8-4-5-9-17(16)14-27(21)29/h1-14,22H,(H-,26,28,29)/p+1. The first kappa shape index (κ1) is 20.5. The number of halogens is 2. The Bertz CT molecular complexity index is 1200. The van der Waals surface area contributed by atoms with Crippen LogP contribution in [0.15, 0.2) is 90.1 Å². The first-order valence-corrected chi connectivity index (χ1v) is 10.8. The predicted molar refractivity (Wildman–Crippen MR) is 121 cm³/mol. The van der Waals surface area contributed by atoms with Crippen molar-refractivity contribution >= 4 is 57.3 Å². The van der Waals surface area contributed by atoms with Gasteiger partial charge in [-0.15, -0.1) is 0 Å². The van der Waals surface area contributed by atoms with E-state index in [2.05, 4.69) is 5.32 Å². The highest BCUT2D eigenvalue weighted by atomic mass is 35.5. The lowest BCUT2D eigenvalue weighted by Gasteiger charge is -2.16. The van der Waals surface area contributed by atoms with Gasteiger partial charge in [-0.05, 0) is 47.0 Å². The SMILES string of the molecule is O=C(Nc1cc(Cl)cc(Cl)c1)C(Sc1cc2ccccc2c[n+]1O)c1ccccc1. The lowest BCUT2D eigenvalue weighted by Crippen LogP contribution is -2.33. The minimum absolute atomic E-state index is 0.252. The van der Waals surface area contributed by atoms with Crippen LogP contribution in [-0.4, -0.2) is 11.1 Å². The summed E-state index contributed by atoms with van der Waals surface area (Å²) in [7, 11) is 0. The first-order chi connectivity index (χ1) is 14.5. The van der Waals surface area contributed by atoms with Crippen LogP contribution in [0.25, 0.3) is 10.8 Å². The summed E-state index contributed by atoms with van der Waals surface area (Å²) in [5.41, 5.74) is 1.32. The molecule has 4 aromatic rings. The van der Waals surface area contributed by atoms with Gasteiger partial charge >= 0.3 is 0 Å². The molecule has 4 rings (SSSR count). The maximum Gasteiger partial charge on any atom is 0.292 e. The lowest BCUT2D eigenvalue weighted by molar-refractivity contribution is -0.931. The van der Waals surface area contributed by atoms with Crippen LogP contribution in [-0.2, 0) is 4.79 Å².